The molecule has 8 heteroatoms. The third-order valence-electron chi connectivity index (χ3n) is 1.53. The summed E-state index contributed by atoms with van der Waals surface area (Å²) in [7, 11) is -2.31. The summed E-state index contributed by atoms with van der Waals surface area (Å²) in [5.41, 5.74) is 0. The molecule has 1 rings (SSSR count). The SMILES string of the molecule is CNS(=O)(=O)c1cc(Cl)c(Cl)cc1Cl.[Na]. The van der Waals surface area contributed by atoms with Gasteiger partial charge in [-0.2, -0.15) is 0 Å². The van der Waals surface area contributed by atoms with Crippen molar-refractivity contribution in [2.24, 2.45) is 0 Å². The number of sulfonamides is 1. The van der Waals surface area contributed by atoms with Crippen LogP contribution in [0.25, 0.3) is 0 Å². The van der Waals surface area contributed by atoms with Crippen LogP contribution in [0, 0.1) is 0 Å². The zero-order valence-electron chi connectivity index (χ0n) is 8.01. The monoisotopic (exact) mass is 296 g/mol. The standard InChI is InChI=1S/C7H6Cl3NO2S.Na/c1-11-14(12,13)7-3-5(9)4(8)2-6(7)10;/h2-3,11H,1H3;. The van der Waals surface area contributed by atoms with Crippen LogP contribution < -0.4 is 4.72 Å². The Morgan fingerprint density at radius 3 is 2.00 bits per heavy atom. The maximum absolute atomic E-state index is 11.4. The third-order valence-corrected chi connectivity index (χ3v) is 4.13. The van der Waals surface area contributed by atoms with Gasteiger partial charge < -0.3 is 0 Å². The topological polar surface area (TPSA) is 46.2 Å². The number of rotatable bonds is 2. The van der Waals surface area contributed by atoms with Crippen molar-refractivity contribution >= 4 is 74.4 Å². The van der Waals surface area contributed by atoms with E-state index >= 15 is 0 Å². The molecule has 3 nitrogen and oxygen atoms in total. The largest absolute Gasteiger partial charge is 0.241 e. The summed E-state index contributed by atoms with van der Waals surface area (Å²) < 4.78 is 24.9. The molecule has 0 heterocycles. The number of nitrogens with one attached hydrogen (secondary N) is 1. The first-order valence-corrected chi connectivity index (χ1v) is 6.08. The van der Waals surface area contributed by atoms with Gasteiger partial charge in [-0.3, -0.25) is 0 Å². The van der Waals surface area contributed by atoms with Gasteiger partial charge in [0.15, 0.2) is 0 Å². The first kappa shape index (κ1) is 16.0. The second kappa shape index (κ2) is 6.07. The molecule has 1 N–H and O–H groups in total. The van der Waals surface area contributed by atoms with Crippen molar-refractivity contribution in [3.8, 4) is 0 Å². The van der Waals surface area contributed by atoms with E-state index in [0.29, 0.717) is 0 Å². The molecule has 0 aliphatic carbocycles. The fourth-order valence-corrected chi connectivity index (χ4v) is 2.55. The number of halogens is 3. The van der Waals surface area contributed by atoms with E-state index in [-0.39, 0.29) is 49.5 Å². The van der Waals surface area contributed by atoms with Gasteiger partial charge in [0.1, 0.15) is 4.90 Å². The molecule has 0 spiro atoms. The Labute approximate surface area is 125 Å². The average molecular weight is 298 g/mol. The molecular weight excluding hydrogens is 291 g/mol. The van der Waals surface area contributed by atoms with Crippen molar-refractivity contribution < 1.29 is 8.42 Å². The van der Waals surface area contributed by atoms with Gasteiger partial charge in [0.05, 0.1) is 15.1 Å². The van der Waals surface area contributed by atoms with E-state index in [4.69, 9.17) is 34.8 Å². The Morgan fingerprint density at radius 2 is 1.53 bits per heavy atom. The first-order valence-electron chi connectivity index (χ1n) is 3.46. The minimum absolute atomic E-state index is 0. The van der Waals surface area contributed by atoms with Crippen molar-refractivity contribution in [1.29, 1.82) is 0 Å². The molecular formula is C7H6Cl3NNaO2S. The van der Waals surface area contributed by atoms with E-state index in [9.17, 15) is 8.42 Å². The van der Waals surface area contributed by atoms with Gasteiger partial charge in [0.2, 0.25) is 10.0 Å². The number of hydrogen-bond acceptors (Lipinski definition) is 2. The van der Waals surface area contributed by atoms with Crippen LogP contribution in [0.4, 0.5) is 0 Å². The van der Waals surface area contributed by atoms with E-state index in [1.54, 1.807) is 0 Å². The molecule has 1 aromatic rings. The summed E-state index contributed by atoms with van der Waals surface area (Å²) in [6.45, 7) is 0. The first-order chi connectivity index (χ1) is 6.38. The smallest absolute Gasteiger partial charge is 0.214 e. The van der Waals surface area contributed by atoms with Crippen molar-refractivity contribution in [2.45, 2.75) is 4.90 Å². The van der Waals surface area contributed by atoms with Gasteiger partial charge in [-0.05, 0) is 19.2 Å². The average Bonchev–Trinajstić information content (AvgIpc) is 2.11. The van der Waals surface area contributed by atoms with E-state index in [1.807, 2.05) is 0 Å². The Kier molecular flexibility index (Phi) is 6.48. The molecule has 1 aromatic carbocycles. The quantitative estimate of drug-likeness (QED) is 0.672. The minimum Gasteiger partial charge on any atom is -0.214 e. The van der Waals surface area contributed by atoms with Gasteiger partial charge in [0.25, 0.3) is 0 Å². The molecule has 0 amide bonds. The Hall–Kier alpha value is 1.000. The Bertz CT molecular complexity index is 464. The molecule has 0 atom stereocenters. The van der Waals surface area contributed by atoms with Crippen LogP contribution in [0.15, 0.2) is 17.0 Å². The Morgan fingerprint density at radius 1 is 1.07 bits per heavy atom. The van der Waals surface area contributed by atoms with Crippen LogP contribution in [0.2, 0.25) is 15.1 Å². The Balaban J connectivity index is 0.00000196. The van der Waals surface area contributed by atoms with Crippen molar-refractivity contribution in [3.05, 3.63) is 27.2 Å². The van der Waals surface area contributed by atoms with Crippen LogP contribution >= 0.6 is 34.8 Å². The summed E-state index contributed by atoms with van der Waals surface area (Å²) in [4.78, 5) is -0.0870. The molecule has 0 unspecified atom stereocenters. The maximum Gasteiger partial charge on any atom is 0.241 e. The summed E-state index contributed by atoms with van der Waals surface area (Å²) >= 11 is 17.0. The van der Waals surface area contributed by atoms with Gasteiger partial charge in [-0.25, -0.2) is 13.1 Å². The van der Waals surface area contributed by atoms with Gasteiger partial charge in [0, 0.05) is 29.6 Å². The summed E-state index contributed by atoms with van der Waals surface area (Å²) in [5, 5.41) is 0.394. The van der Waals surface area contributed by atoms with Crippen molar-refractivity contribution in [2.75, 3.05) is 7.05 Å². The van der Waals surface area contributed by atoms with Crippen LogP contribution in [0.3, 0.4) is 0 Å². The second-order valence-corrected chi connectivity index (χ2v) is 5.48. The molecule has 0 aliphatic rings. The predicted octanol–water partition coefficient (Wildman–Crippen LogP) is 2.17. The van der Waals surface area contributed by atoms with Crippen molar-refractivity contribution in [1.82, 2.24) is 4.72 Å². The van der Waals surface area contributed by atoms with E-state index in [2.05, 4.69) is 4.72 Å². The molecule has 0 bridgehead atoms. The molecule has 79 valence electrons. The number of hydrogen-bond donors (Lipinski definition) is 1. The van der Waals surface area contributed by atoms with Crippen LogP contribution in [-0.2, 0) is 10.0 Å². The van der Waals surface area contributed by atoms with E-state index in [1.165, 1.54) is 19.2 Å². The van der Waals surface area contributed by atoms with E-state index < -0.39 is 10.0 Å². The third kappa shape index (κ3) is 3.75. The summed E-state index contributed by atoms with van der Waals surface area (Å²) in [5.74, 6) is 0. The molecule has 15 heavy (non-hydrogen) atoms. The fourth-order valence-electron chi connectivity index (χ4n) is 0.820. The molecule has 0 fully saturated rings. The molecule has 1 radical (unpaired) electrons. The molecule has 0 aromatic heterocycles. The normalized spacial score (nSPS) is 10.9. The second-order valence-electron chi connectivity index (χ2n) is 2.40. The fraction of sp³-hybridized carbons (Fsp3) is 0.143. The van der Waals surface area contributed by atoms with Gasteiger partial charge in [-0.15, -0.1) is 0 Å². The van der Waals surface area contributed by atoms with E-state index in [0.717, 1.165) is 0 Å². The maximum atomic E-state index is 11.4. The zero-order chi connectivity index (χ0) is 10.9. The molecule has 0 aliphatic heterocycles. The number of benzene rings is 1. The predicted molar refractivity (Wildman–Crippen MR) is 63.5 cm³/mol. The molecule has 0 saturated heterocycles. The van der Waals surface area contributed by atoms with Crippen LogP contribution in [-0.4, -0.2) is 45.0 Å². The van der Waals surface area contributed by atoms with Crippen LogP contribution in [0.5, 0.6) is 0 Å². The zero-order valence-corrected chi connectivity index (χ0v) is 13.1. The molecule has 0 saturated carbocycles. The summed E-state index contributed by atoms with van der Waals surface area (Å²) in [6.07, 6.45) is 0. The van der Waals surface area contributed by atoms with Gasteiger partial charge >= 0.3 is 0 Å². The summed E-state index contributed by atoms with van der Waals surface area (Å²) in [6, 6.07) is 2.49. The van der Waals surface area contributed by atoms with Crippen molar-refractivity contribution in [3.63, 3.8) is 0 Å². The van der Waals surface area contributed by atoms with Crippen LogP contribution in [0.1, 0.15) is 0 Å². The van der Waals surface area contributed by atoms with Gasteiger partial charge in [-0.1, -0.05) is 34.8 Å². The minimum atomic E-state index is -3.59.